The smallest absolute Gasteiger partial charge is 0.259 e. The Balaban J connectivity index is 1.86. The second-order valence-electron chi connectivity index (χ2n) is 4.03. The van der Waals surface area contributed by atoms with Gasteiger partial charge in [-0.1, -0.05) is 24.3 Å². The lowest BCUT2D eigenvalue weighted by Crippen LogP contribution is -2.25. The van der Waals surface area contributed by atoms with Crippen molar-refractivity contribution in [1.29, 1.82) is 0 Å². The fraction of sp³-hybridized carbons (Fsp3) is 0.167. The normalized spacial score (nSPS) is 13.8. The summed E-state index contributed by atoms with van der Waals surface area (Å²) in [5.74, 6) is -0.0348. The Morgan fingerprint density at radius 1 is 1.29 bits per heavy atom. The van der Waals surface area contributed by atoms with Gasteiger partial charge in [0.2, 0.25) is 0 Å². The molecule has 0 radical (unpaired) electrons. The van der Waals surface area contributed by atoms with Crippen molar-refractivity contribution in [1.82, 2.24) is 9.27 Å². The first-order valence-electron chi connectivity index (χ1n) is 5.32. The van der Waals surface area contributed by atoms with Crippen molar-refractivity contribution in [2.24, 2.45) is 0 Å². The molecule has 0 spiro atoms. The number of amides is 1. The molecule has 0 fully saturated rings. The van der Waals surface area contributed by atoms with Crippen LogP contribution in [0.3, 0.4) is 0 Å². The van der Waals surface area contributed by atoms with Crippen molar-refractivity contribution in [2.75, 3.05) is 5.73 Å². The van der Waals surface area contributed by atoms with Crippen LogP contribution in [-0.2, 0) is 13.1 Å². The first-order valence-corrected chi connectivity index (χ1v) is 6.09. The summed E-state index contributed by atoms with van der Waals surface area (Å²) >= 11 is 1.16. The SMILES string of the molecule is Nc1sncc1C(=O)N1Cc2ccccc2C1. The molecule has 0 atom stereocenters. The van der Waals surface area contributed by atoms with Gasteiger partial charge in [0, 0.05) is 13.1 Å². The van der Waals surface area contributed by atoms with Crippen molar-refractivity contribution in [3.63, 3.8) is 0 Å². The minimum absolute atomic E-state index is 0.0348. The molecule has 2 aromatic rings. The molecule has 5 heteroatoms. The van der Waals surface area contributed by atoms with Crippen LogP contribution in [0.5, 0.6) is 0 Å². The Labute approximate surface area is 103 Å². The van der Waals surface area contributed by atoms with Gasteiger partial charge >= 0.3 is 0 Å². The molecule has 0 bridgehead atoms. The number of fused-ring (bicyclic) bond motifs is 1. The minimum atomic E-state index is -0.0348. The zero-order valence-corrected chi connectivity index (χ0v) is 9.91. The third-order valence-electron chi connectivity index (χ3n) is 2.96. The van der Waals surface area contributed by atoms with E-state index >= 15 is 0 Å². The minimum Gasteiger partial charge on any atom is -0.389 e. The predicted octanol–water partition coefficient (Wildman–Crippen LogP) is 1.88. The molecule has 1 aliphatic rings. The fourth-order valence-corrected chi connectivity index (χ4v) is 2.57. The molecule has 3 rings (SSSR count). The number of benzene rings is 1. The predicted molar refractivity (Wildman–Crippen MR) is 66.5 cm³/mol. The third kappa shape index (κ3) is 1.68. The van der Waals surface area contributed by atoms with Crippen molar-refractivity contribution < 1.29 is 4.79 Å². The van der Waals surface area contributed by atoms with Crippen LogP contribution in [0.2, 0.25) is 0 Å². The highest BCUT2D eigenvalue weighted by molar-refractivity contribution is 7.10. The fourth-order valence-electron chi connectivity index (χ4n) is 2.06. The topological polar surface area (TPSA) is 59.2 Å². The number of carbonyl (C=O) groups excluding carboxylic acids is 1. The molecular weight excluding hydrogens is 234 g/mol. The zero-order chi connectivity index (χ0) is 11.8. The average Bonchev–Trinajstić information content (AvgIpc) is 2.93. The number of rotatable bonds is 1. The van der Waals surface area contributed by atoms with Crippen molar-refractivity contribution in [3.8, 4) is 0 Å². The lowest BCUT2D eigenvalue weighted by Gasteiger charge is -2.14. The molecule has 17 heavy (non-hydrogen) atoms. The summed E-state index contributed by atoms with van der Waals surface area (Å²) in [4.78, 5) is 14.0. The van der Waals surface area contributed by atoms with Crippen LogP contribution >= 0.6 is 11.5 Å². The van der Waals surface area contributed by atoms with Crippen molar-refractivity contribution in [2.45, 2.75) is 13.1 Å². The van der Waals surface area contributed by atoms with E-state index in [-0.39, 0.29) is 5.91 Å². The molecular formula is C12H11N3OS. The third-order valence-corrected chi connectivity index (χ3v) is 3.58. The molecule has 0 saturated heterocycles. The van der Waals surface area contributed by atoms with Crippen LogP contribution in [0.15, 0.2) is 30.5 Å². The van der Waals surface area contributed by atoms with E-state index in [1.54, 1.807) is 11.1 Å². The van der Waals surface area contributed by atoms with Crippen LogP contribution in [0.1, 0.15) is 21.5 Å². The summed E-state index contributed by atoms with van der Waals surface area (Å²) in [5, 5.41) is 0.492. The average molecular weight is 245 g/mol. The highest BCUT2D eigenvalue weighted by atomic mass is 32.1. The molecule has 2 N–H and O–H groups in total. The van der Waals surface area contributed by atoms with E-state index in [2.05, 4.69) is 16.5 Å². The second-order valence-corrected chi connectivity index (χ2v) is 4.87. The van der Waals surface area contributed by atoms with E-state index in [0.29, 0.717) is 23.7 Å². The van der Waals surface area contributed by atoms with E-state index in [1.165, 1.54) is 11.1 Å². The maximum Gasteiger partial charge on any atom is 0.259 e. The number of hydrogen-bond donors (Lipinski definition) is 1. The number of anilines is 1. The van der Waals surface area contributed by atoms with Gasteiger partial charge in [-0.2, -0.15) is 4.37 Å². The highest BCUT2D eigenvalue weighted by Crippen LogP contribution is 2.26. The largest absolute Gasteiger partial charge is 0.389 e. The molecule has 1 aromatic carbocycles. The summed E-state index contributed by atoms with van der Waals surface area (Å²) < 4.78 is 3.93. The number of nitrogens with zero attached hydrogens (tertiary/aromatic N) is 2. The molecule has 2 heterocycles. The Morgan fingerprint density at radius 2 is 1.94 bits per heavy atom. The van der Waals surface area contributed by atoms with Gasteiger partial charge in [0.15, 0.2) is 0 Å². The van der Waals surface area contributed by atoms with Gasteiger partial charge in [0.05, 0.1) is 11.8 Å². The molecule has 1 aromatic heterocycles. The van der Waals surface area contributed by atoms with Gasteiger partial charge in [-0.25, -0.2) is 0 Å². The second kappa shape index (κ2) is 3.85. The van der Waals surface area contributed by atoms with Crippen molar-refractivity contribution in [3.05, 3.63) is 47.2 Å². The Morgan fingerprint density at radius 3 is 2.47 bits per heavy atom. The number of nitrogens with two attached hydrogens (primary N) is 1. The van der Waals surface area contributed by atoms with Crippen molar-refractivity contribution >= 4 is 22.4 Å². The van der Waals surface area contributed by atoms with Gasteiger partial charge in [-0.3, -0.25) is 4.79 Å². The van der Waals surface area contributed by atoms with Gasteiger partial charge in [-0.15, -0.1) is 0 Å². The summed E-state index contributed by atoms with van der Waals surface area (Å²) in [6.45, 7) is 1.31. The van der Waals surface area contributed by atoms with Crippen LogP contribution in [-0.4, -0.2) is 15.2 Å². The first kappa shape index (κ1) is 10.3. The van der Waals surface area contributed by atoms with E-state index in [4.69, 9.17) is 5.73 Å². The van der Waals surface area contributed by atoms with E-state index in [9.17, 15) is 4.79 Å². The number of nitrogen functional groups attached to an aromatic ring is 1. The molecule has 1 amide bonds. The highest BCUT2D eigenvalue weighted by Gasteiger charge is 2.25. The lowest BCUT2D eigenvalue weighted by molar-refractivity contribution is 0.0752. The summed E-state index contributed by atoms with van der Waals surface area (Å²) in [5.41, 5.74) is 8.66. The van der Waals surface area contributed by atoms with Gasteiger partial charge in [-0.05, 0) is 22.7 Å². The van der Waals surface area contributed by atoms with E-state index in [1.807, 2.05) is 12.1 Å². The van der Waals surface area contributed by atoms with Crippen LogP contribution < -0.4 is 5.73 Å². The van der Waals surface area contributed by atoms with Gasteiger partial charge in [0.1, 0.15) is 5.00 Å². The Hall–Kier alpha value is -1.88. The molecule has 86 valence electrons. The molecule has 4 nitrogen and oxygen atoms in total. The summed E-state index contributed by atoms with van der Waals surface area (Å²) in [6.07, 6.45) is 1.55. The first-order chi connectivity index (χ1) is 8.25. The molecule has 1 aliphatic heterocycles. The monoisotopic (exact) mass is 245 g/mol. The van der Waals surface area contributed by atoms with Gasteiger partial charge in [0.25, 0.3) is 5.91 Å². The molecule has 0 aliphatic carbocycles. The number of hydrogen-bond acceptors (Lipinski definition) is 4. The van der Waals surface area contributed by atoms with E-state index in [0.717, 1.165) is 11.5 Å². The van der Waals surface area contributed by atoms with Crippen LogP contribution in [0, 0.1) is 0 Å². The quantitative estimate of drug-likeness (QED) is 0.834. The van der Waals surface area contributed by atoms with Gasteiger partial charge < -0.3 is 10.6 Å². The number of aromatic nitrogens is 1. The zero-order valence-electron chi connectivity index (χ0n) is 9.09. The molecule has 0 saturated carbocycles. The maximum atomic E-state index is 12.2. The number of carbonyl (C=O) groups is 1. The summed E-state index contributed by atoms with van der Waals surface area (Å²) in [6, 6.07) is 8.09. The van der Waals surface area contributed by atoms with E-state index < -0.39 is 0 Å². The Kier molecular flexibility index (Phi) is 2.33. The summed E-state index contributed by atoms with van der Waals surface area (Å²) in [7, 11) is 0. The Bertz CT molecular complexity index is 554. The van der Waals surface area contributed by atoms with Crippen LogP contribution in [0.25, 0.3) is 0 Å². The standard InChI is InChI=1S/C12H11N3OS/c13-11-10(5-14-17-11)12(16)15-6-8-3-1-2-4-9(8)7-15/h1-5H,6-7,13H2. The lowest BCUT2D eigenvalue weighted by atomic mass is 10.1. The molecule has 0 unspecified atom stereocenters. The van der Waals surface area contributed by atoms with Crippen LogP contribution in [0.4, 0.5) is 5.00 Å². The maximum absolute atomic E-state index is 12.2.